The molecule has 4 bridgehead atoms. The molecule has 0 spiro atoms. The second-order valence-electron chi connectivity index (χ2n) is 6.94. The van der Waals surface area contributed by atoms with E-state index in [1.54, 1.807) is 12.1 Å². The van der Waals surface area contributed by atoms with Gasteiger partial charge in [0.05, 0.1) is 0 Å². The number of rotatable bonds is 2. The number of benzene rings is 1. The zero-order chi connectivity index (χ0) is 13.7. The maximum absolute atomic E-state index is 13.2. The van der Waals surface area contributed by atoms with Crippen LogP contribution in [-0.2, 0) is 0 Å². The van der Waals surface area contributed by atoms with Crippen LogP contribution in [0.5, 0.6) is 0 Å². The molecule has 4 aliphatic carbocycles. The third-order valence-corrected chi connectivity index (χ3v) is 5.61. The van der Waals surface area contributed by atoms with E-state index in [1.807, 2.05) is 0 Å². The van der Waals surface area contributed by atoms with Crippen LogP contribution in [0.25, 0.3) is 0 Å². The SMILES string of the molecule is O=C(NC1C2CC3CC(C2)CC1C3)c1cccc(F)c1. The van der Waals surface area contributed by atoms with Gasteiger partial charge in [-0.15, -0.1) is 0 Å². The lowest BCUT2D eigenvalue weighted by Crippen LogP contribution is -2.55. The lowest BCUT2D eigenvalue weighted by Gasteiger charge is -2.54. The lowest BCUT2D eigenvalue weighted by molar-refractivity contribution is -0.0119. The molecule has 1 aromatic carbocycles. The van der Waals surface area contributed by atoms with Crippen molar-refractivity contribution in [2.45, 2.75) is 38.1 Å². The van der Waals surface area contributed by atoms with E-state index in [4.69, 9.17) is 0 Å². The summed E-state index contributed by atoms with van der Waals surface area (Å²) in [7, 11) is 0. The van der Waals surface area contributed by atoms with Gasteiger partial charge in [0, 0.05) is 11.6 Å². The van der Waals surface area contributed by atoms with Crippen molar-refractivity contribution in [1.82, 2.24) is 5.32 Å². The number of nitrogens with one attached hydrogen (secondary N) is 1. The summed E-state index contributed by atoms with van der Waals surface area (Å²) in [6, 6.07) is 6.30. The number of hydrogen-bond donors (Lipinski definition) is 1. The standard InChI is InChI=1S/C17H20FNO/c18-15-3-1-2-12(9-15)17(20)19-16-13-5-10-4-11(7-13)8-14(16)6-10/h1-3,9-11,13-14,16H,4-8H2,(H,19,20). The smallest absolute Gasteiger partial charge is 0.251 e. The van der Waals surface area contributed by atoms with Crippen molar-refractivity contribution >= 4 is 5.91 Å². The predicted molar refractivity (Wildman–Crippen MR) is 74.7 cm³/mol. The molecule has 0 aliphatic heterocycles. The van der Waals surface area contributed by atoms with Gasteiger partial charge in [0.2, 0.25) is 0 Å². The van der Waals surface area contributed by atoms with Gasteiger partial charge in [0.25, 0.3) is 5.91 Å². The Bertz CT molecular complexity index is 514. The Morgan fingerprint density at radius 2 is 1.70 bits per heavy atom. The third-order valence-electron chi connectivity index (χ3n) is 5.61. The Labute approximate surface area is 118 Å². The van der Waals surface area contributed by atoms with Gasteiger partial charge in [-0.05, 0) is 74.0 Å². The predicted octanol–water partition coefficient (Wildman–Crippen LogP) is 3.38. The largest absolute Gasteiger partial charge is 0.349 e. The van der Waals surface area contributed by atoms with Crippen LogP contribution in [0.2, 0.25) is 0 Å². The Balaban J connectivity index is 1.50. The Hall–Kier alpha value is -1.38. The summed E-state index contributed by atoms with van der Waals surface area (Å²) in [5.74, 6) is 2.66. The minimum atomic E-state index is -0.345. The summed E-state index contributed by atoms with van der Waals surface area (Å²) in [6.07, 6.45) is 6.53. The van der Waals surface area contributed by atoms with E-state index in [0.29, 0.717) is 23.4 Å². The van der Waals surface area contributed by atoms with Crippen LogP contribution in [-0.4, -0.2) is 11.9 Å². The van der Waals surface area contributed by atoms with E-state index >= 15 is 0 Å². The van der Waals surface area contributed by atoms with E-state index < -0.39 is 0 Å². The van der Waals surface area contributed by atoms with Crippen molar-refractivity contribution in [2.75, 3.05) is 0 Å². The molecule has 1 amide bonds. The van der Waals surface area contributed by atoms with Gasteiger partial charge in [-0.2, -0.15) is 0 Å². The fourth-order valence-corrected chi connectivity index (χ4v) is 5.03. The molecule has 4 aliphatic rings. The van der Waals surface area contributed by atoms with Crippen molar-refractivity contribution in [3.63, 3.8) is 0 Å². The normalized spacial score (nSPS) is 38.0. The first-order chi connectivity index (χ1) is 9.69. The van der Waals surface area contributed by atoms with Crippen LogP contribution in [0.15, 0.2) is 24.3 Å². The molecule has 3 heteroatoms. The molecule has 0 radical (unpaired) electrons. The average molecular weight is 273 g/mol. The summed E-state index contributed by atoms with van der Waals surface area (Å²) in [5, 5.41) is 3.20. The number of hydrogen-bond acceptors (Lipinski definition) is 1. The first-order valence-corrected chi connectivity index (χ1v) is 7.75. The van der Waals surface area contributed by atoms with E-state index in [2.05, 4.69) is 5.32 Å². The molecule has 0 atom stereocenters. The second-order valence-corrected chi connectivity index (χ2v) is 6.94. The van der Waals surface area contributed by atoms with Crippen molar-refractivity contribution in [2.24, 2.45) is 23.7 Å². The first kappa shape index (κ1) is 12.4. The Morgan fingerprint density at radius 3 is 2.30 bits per heavy atom. The summed E-state index contributed by atoms with van der Waals surface area (Å²) in [5.41, 5.74) is 0.443. The van der Waals surface area contributed by atoms with Gasteiger partial charge >= 0.3 is 0 Å². The molecular weight excluding hydrogens is 253 g/mol. The Morgan fingerprint density at radius 1 is 1.05 bits per heavy atom. The van der Waals surface area contributed by atoms with Gasteiger partial charge in [-0.3, -0.25) is 4.79 Å². The zero-order valence-electron chi connectivity index (χ0n) is 11.5. The molecule has 0 aromatic heterocycles. The fraction of sp³-hybridized carbons (Fsp3) is 0.588. The van der Waals surface area contributed by atoms with Crippen molar-refractivity contribution < 1.29 is 9.18 Å². The topological polar surface area (TPSA) is 29.1 Å². The van der Waals surface area contributed by atoms with Gasteiger partial charge < -0.3 is 5.32 Å². The molecule has 4 saturated carbocycles. The van der Waals surface area contributed by atoms with E-state index in [-0.39, 0.29) is 11.7 Å². The van der Waals surface area contributed by atoms with Crippen LogP contribution < -0.4 is 5.32 Å². The molecule has 4 fully saturated rings. The molecule has 0 unspecified atom stereocenters. The molecular formula is C17H20FNO. The third kappa shape index (κ3) is 2.04. The molecule has 1 N–H and O–H groups in total. The minimum absolute atomic E-state index is 0.109. The number of halogens is 1. The van der Waals surface area contributed by atoms with Gasteiger partial charge in [-0.1, -0.05) is 6.07 Å². The first-order valence-electron chi connectivity index (χ1n) is 7.75. The van der Waals surface area contributed by atoms with Gasteiger partial charge in [-0.25, -0.2) is 4.39 Å². The highest BCUT2D eigenvalue weighted by molar-refractivity contribution is 5.94. The molecule has 0 heterocycles. The van der Waals surface area contributed by atoms with Crippen molar-refractivity contribution in [1.29, 1.82) is 0 Å². The van der Waals surface area contributed by atoms with E-state index in [0.717, 1.165) is 11.8 Å². The summed E-state index contributed by atoms with van der Waals surface area (Å²) in [6.45, 7) is 0. The van der Waals surface area contributed by atoms with Crippen molar-refractivity contribution in [3.8, 4) is 0 Å². The minimum Gasteiger partial charge on any atom is -0.349 e. The molecule has 1 aromatic rings. The van der Waals surface area contributed by atoms with Crippen LogP contribution in [0.3, 0.4) is 0 Å². The zero-order valence-corrected chi connectivity index (χ0v) is 11.5. The molecule has 0 saturated heterocycles. The summed E-state index contributed by atoms with van der Waals surface area (Å²) >= 11 is 0. The van der Waals surface area contributed by atoms with Crippen LogP contribution in [0.4, 0.5) is 4.39 Å². The monoisotopic (exact) mass is 273 g/mol. The molecule has 106 valence electrons. The van der Waals surface area contributed by atoms with Crippen LogP contribution >= 0.6 is 0 Å². The summed E-state index contributed by atoms with van der Waals surface area (Å²) < 4.78 is 13.2. The van der Waals surface area contributed by atoms with Crippen LogP contribution in [0, 0.1) is 29.5 Å². The maximum atomic E-state index is 13.2. The summed E-state index contributed by atoms with van der Waals surface area (Å²) in [4.78, 5) is 12.3. The highest BCUT2D eigenvalue weighted by atomic mass is 19.1. The molecule has 2 nitrogen and oxygen atoms in total. The van der Waals surface area contributed by atoms with Crippen LogP contribution in [0.1, 0.15) is 42.5 Å². The average Bonchev–Trinajstić information content (AvgIpc) is 2.42. The fourth-order valence-electron chi connectivity index (χ4n) is 5.03. The van der Waals surface area contributed by atoms with Gasteiger partial charge in [0.15, 0.2) is 0 Å². The second kappa shape index (κ2) is 4.57. The van der Waals surface area contributed by atoms with E-state index in [1.165, 1.54) is 44.2 Å². The highest BCUT2D eigenvalue weighted by Crippen LogP contribution is 2.53. The van der Waals surface area contributed by atoms with Crippen molar-refractivity contribution in [3.05, 3.63) is 35.6 Å². The lowest BCUT2D eigenvalue weighted by atomic mass is 9.54. The highest BCUT2D eigenvalue weighted by Gasteiger charge is 2.48. The number of amides is 1. The number of carbonyl (C=O) groups is 1. The Kier molecular flexibility index (Phi) is 2.83. The quantitative estimate of drug-likeness (QED) is 0.879. The molecule has 5 rings (SSSR count). The number of carbonyl (C=O) groups excluding carboxylic acids is 1. The van der Waals surface area contributed by atoms with Gasteiger partial charge in [0.1, 0.15) is 5.82 Å². The molecule has 20 heavy (non-hydrogen) atoms. The van der Waals surface area contributed by atoms with E-state index in [9.17, 15) is 9.18 Å². The maximum Gasteiger partial charge on any atom is 0.251 e.